The molecule has 144 valence electrons. The summed E-state index contributed by atoms with van der Waals surface area (Å²) in [6, 6.07) is 6.56. The van der Waals surface area contributed by atoms with E-state index in [0.29, 0.717) is 19.0 Å². The topological polar surface area (TPSA) is 98.7 Å². The molecule has 2 rings (SSSR count). The van der Waals surface area contributed by atoms with E-state index in [2.05, 4.69) is 24.5 Å². The number of carbonyl (C=O) groups is 1. The fourth-order valence-electron chi connectivity index (χ4n) is 2.94. The van der Waals surface area contributed by atoms with Crippen LogP contribution < -0.4 is 10.6 Å². The van der Waals surface area contributed by atoms with Crippen LogP contribution in [0.15, 0.2) is 34.9 Å². The zero-order chi connectivity index (χ0) is 19.3. The summed E-state index contributed by atoms with van der Waals surface area (Å²) in [6.45, 7) is 5.39. The molecule has 1 amide bonds. The van der Waals surface area contributed by atoms with Gasteiger partial charge in [-0.1, -0.05) is 26.0 Å². The van der Waals surface area contributed by atoms with Gasteiger partial charge in [-0.05, 0) is 37.9 Å². The lowest BCUT2D eigenvalue weighted by molar-refractivity contribution is -0.118. The SMILES string of the molecule is CCC(CC)NCCCNC(=O)C1=C(O)c2ccccc2S(=O)(=O)N1C. The minimum absolute atomic E-state index is 0.00840. The first-order valence-electron chi connectivity index (χ1n) is 8.87. The van der Waals surface area contributed by atoms with Gasteiger partial charge >= 0.3 is 0 Å². The number of nitrogens with zero attached hydrogens (tertiary/aromatic N) is 1. The third-order valence-electron chi connectivity index (χ3n) is 4.59. The van der Waals surface area contributed by atoms with Crippen LogP contribution in [-0.2, 0) is 14.8 Å². The van der Waals surface area contributed by atoms with Crippen molar-refractivity contribution in [1.82, 2.24) is 14.9 Å². The minimum atomic E-state index is -3.86. The highest BCUT2D eigenvalue weighted by Gasteiger charge is 2.37. The summed E-state index contributed by atoms with van der Waals surface area (Å²) in [5, 5.41) is 16.5. The van der Waals surface area contributed by atoms with Crippen molar-refractivity contribution in [2.75, 3.05) is 20.1 Å². The Labute approximate surface area is 155 Å². The monoisotopic (exact) mass is 381 g/mol. The molecule has 8 heteroatoms. The molecule has 1 aromatic carbocycles. The highest BCUT2D eigenvalue weighted by Crippen LogP contribution is 2.34. The highest BCUT2D eigenvalue weighted by atomic mass is 32.2. The van der Waals surface area contributed by atoms with Crippen molar-refractivity contribution in [3.8, 4) is 0 Å². The predicted molar refractivity (Wildman–Crippen MR) is 101 cm³/mol. The number of aliphatic hydroxyl groups is 1. The molecule has 0 radical (unpaired) electrons. The molecule has 0 atom stereocenters. The van der Waals surface area contributed by atoms with Gasteiger partial charge in [-0.25, -0.2) is 8.42 Å². The summed E-state index contributed by atoms with van der Waals surface area (Å²) in [6.07, 6.45) is 2.81. The van der Waals surface area contributed by atoms with Gasteiger partial charge in [0.15, 0.2) is 11.5 Å². The lowest BCUT2D eigenvalue weighted by atomic mass is 10.1. The van der Waals surface area contributed by atoms with Gasteiger partial charge < -0.3 is 15.7 Å². The average Bonchev–Trinajstić information content (AvgIpc) is 2.63. The van der Waals surface area contributed by atoms with Crippen LogP contribution in [0, 0.1) is 0 Å². The molecule has 0 aliphatic carbocycles. The number of fused-ring (bicyclic) bond motifs is 1. The first kappa shape index (κ1) is 20.3. The largest absolute Gasteiger partial charge is 0.505 e. The molecule has 0 spiro atoms. The molecule has 1 aliphatic rings. The maximum atomic E-state index is 12.6. The second-order valence-corrected chi connectivity index (χ2v) is 8.18. The van der Waals surface area contributed by atoms with Gasteiger partial charge in [0.1, 0.15) is 0 Å². The molecule has 7 nitrogen and oxygen atoms in total. The van der Waals surface area contributed by atoms with Crippen molar-refractivity contribution in [1.29, 1.82) is 0 Å². The van der Waals surface area contributed by atoms with Crippen molar-refractivity contribution < 1.29 is 18.3 Å². The summed E-state index contributed by atoms with van der Waals surface area (Å²) in [4.78, 5) is 12.5. The van der Waals surface area contributed by atoms with Crippen molar-refractivity contribution in [2.45, 2.75) is 44.0 Å². The van der Waals surface area contributed by atoms with E-state index < -0.39 is 15.9 Å². The van der Waals surface area contributed by atoms with Gasteiger partial charge in [0.2, 0.25) is 0 Å². The first-order valence-corrected chi connectivity index (χ1v) is 10.3. The van der Waals surface area contributed by atoms with E-state index in [9.17, 15) is 18.3 Å². The fourth-order valence-corrected chi connectivity index (χ4v) is 4.34. The van der Waals surface area contributed by atoms with Gasteiger partial charge in [-0.2, -0.15) is 0 Å². The van der Waals surface area contributed by atoms with Crippen LogP contribution in [0.25, 0.3) is 5.76 Å². The molecule has 0 fully saturated rings. The Hall–Kier alpha value is -2.06. The molecular weight excluding hydrogens is 354 g/mol. The van der Waals surface area contributed by atoms with E-state index in [-0.39, 0.29) is 21.9 Å². The molecule has 0 unspecified atom stereocenters. The average molecular weight is 381 g/mol. The maximum absolute atomic E-state index is 12.6. The molecule has 1 heterocycles. The van der Waals surface area contributed by atoms with Gasteiger partial charge in [-0.3, -0.25) is 9.10 Å². The molecule has 0 saturated carbocycles. The third-order valence-corrected chi connectivity index (χ3v) is 6.41. The molecule has 0 saturated heterocycles. The van der Waals surface area contributed by atoms with E-state index in [1.807, 2.05) is 0 Å². The van der Waals surface area contributed by atoms with Gasteiger partial charge in [0.05, 0.1) is 4.90 Å². The van der Waals surface area contributed by atoms with E-state index in [1.165, 1.54) is 19.2 Å². The summed E-state index contributed by atoms with van der Waals surface area (Å²) in [5.41, 5.74) is -0.109. The Morgan fingerprint density at radius 3 is 2.50 bits per heavy atom. The van der Waals surface area contributed by atoms with Gasteiger partial charge in [-0.15, -0.1) is 0 Å². The smallest absolute Gasteiger partial charge is 0.272 e. The van der Waals surface area contributed by atoms with Crippen molar-refractivity contribution in [3.63, 3.8) is 0 Å². The number of carbonyl (C=O) groups excluding carboxylic acids is 1. The quantitative estimate of drug-likeness (QED) is 0.597. The molecular formula is C18H27N3O4S. The Morgan fingerprint density at radius 1 is 1.19 bits per heavy atom. The van der Waals surface area contributed by atoms with Crippen LogP contribution in [0.5, 0.6) is 0 Å². The Balaban J connectivity index is 2.06. The van der Waals surface area contributed by atoms with Crippen LogP contribution in [0.3, 0.4) is 0 Å². The summed E-state index contributed by atoms with van der Waals surface area (Å²) >= 11 is 0. The Kier molecular flexibility index (Phi) is 6.66. The summed E-state index contributed by atoms with van der Waals surface area (Å²) < 4.78 is 26.0. The fraction of sp³-hybridized carbons (Fsp3) is 0.500. The lowest BCUT2D eigenvalue weighted by Gasteiger charge is -2.28. The van der Waals surface area contributed by atoms with Crippen molar-refractivity contribution >= 4 is 21.7 Å². The summed E-state index contributed by atoms with van der Waals surface area (Å²) in [5.74, 6) is -0.934. The van der Waals surface area contributed by atoms with Crippen LogP contribution >= 0.6 is 0 Å². The minimum Gasteiger partial charge on any atom is -0.505 e. The van der Waals surface area contributed by atoms with Crippen LogP contribution in [-0.4, -0.2) is 49.9 Å². The first-order chi connectivity index (χ1) is 12.3. The second kappa shape index (κ2) is 8.55. The second-order valence-electron chi connectivity index (χ2n) is 6.24. The number of nitrogens with one attached hydrogen (secondary N) is 2. The number of likely N-dealkylation sites (N-methyl/N-ethyl adjacent to an activating group) is 1. The van der Waals surface area contributed by atoms with E-state index in [4.69, 9.17) is 0 Å². The Morgan fingerprint density at radius 2 is 1.85 bits per heavy atom. The third kappa shape index (κ3) is 4.02. The molecule has 0 bridgehead atoms. The Bertz CT molecular complexity index is 785. The van der Waals surface area contributed by atoms with E-state index in [0.717, 1.165) is 23.7 Å². The van der Waals surface area contributed by atoms with E-state index >= 15 is 0 Å². The molecule has 1 aliphatic heterocycles. The van der Waals surface area contributed by atoms with Crippen LogP contribution in [0.2, 0.25) is 0 Å². The number of amides is 1. The van der Waals surface area contributed by atoms with Crippen molar-refractivity contribution in [3.05, 3.63) is 35.5 Å². The zero-order valence-electron chi connectivity index (χ0n) is 15.4. The summed E-state index contributed by atoms with van der Waals surface area (Å²) in [7, 11) is -2.59. The molecule has 0 aromatic heterocycles. The predicted octanol–water partition coefficient (Wildman–Crippen LogP) is 1.83. The number of aliphatic hydroxyl groups excluding tert-OH is 1. The number of sulfonamides is 1. The zero-order valence-corrected chi connectivity index (χ0v) is 16.3. The normalized spacial score (nSPS) is 15.9. The standard InChI is InChI=1S/C18H27N3O4S/c1-4-13(5-2)19-11-8-12-20-18(23)16-17(22)14-9-6-7-10-15(14)26(24,25)21(16)3/h6-7,9-10,13,19,22H,4-5,8,11-12H2,1-3H3,(H,20,23). The number of hydrogen-bond donors (Lipinski definition) is 3. The molecule has 3 N–H and O–H groups in total. The van der Waals surface area contributed by atoms with Gasteiger partial charge in [0, 0.05) is 25.2 Å². The molecule has 26 heavy (non-hydrogen) atoms. The van der Waals surface area contributed by atoms with Crippen LogP contribution in [0.1, 0.15) is 38.7 Å². The number of hydrogen-bond acceptors (Lipinski definition) is 5. The van der Waals surface area contributed by atoms with Crippen LogP contribution in [0.4, 0.5) is 0 Å². The van der Waals surface area contributed by atoms with Crippen molar-refractivity contribution in [2.24, 2.45) is 0 Å². The highest BCUT2D eigenvalue weighted by molar-refractivity contribution is 7.89. The number of rotatable bonds is 8. The maximum Gasteiger partial charge on any atom is 0.272 e. The lowest BCUT2D eigenvalue weighted by Crippen LogP contribution is -2.40. The van der Waals surface area contributed by atoms with E-state index in [1.54, 1.807) is 12.1 Å². The van der Waals surface area contributed by atoms with Gasteiger partial charge in [0.25, 0.3) is 15.9 Å². The molecule has 1 aromatic rings. The number of benzene rings is 1.